The predicted molar refractivity (Wildman–Crippen MR) is 152 cm³/mol. The van der Waals surface area contributed by atoms with Crippen LogP contribution in [0.15, 0.2) is 72.8 Å². The third kappa shape index (κ3) is 7.00. The summed E-state index contributed by atoms with van der Waals surface area (Å²) < 4.78 is 0. The second-order valence-electron chi connectivity index (χ2n) is 10.3. The van der Waals surface area contributed by atoms with Crippen molar-refractivity contribution in [3.8, 4) is 0 Å². The molecule has 1 aliphatic rings. The number of piperidine rings is 1. The molecule has 1 atom stereocenters. The number of rotatable bonds is 9. The van der Waals surface area contributed by atoms with Crippen LogP contribution < -0.4 is 15.5 Å². The van der Waals surface area contributed by atoms with Crippen LogP contribution in [0.2, 0.25) is 0 Å². The van der Waals surface area contributed by atoms with Gasteiger partial charge < -0.3 is 15.5 Å². The molecule has 1 heterocycles. The Kier molecular flexibility index (Phi) is 8.99. The summed E-state index contributed by atoms with van der Waals surface area (Å²) in [5, 5.41) is 6.16. The van der Waals surface area contributed by atoms with Crippen LogP contribution >= 0.6 is 0 Å². The number of unbranched alkanes of at least 4 members (excludes halogenated alkanes) is 1. The van der Waals surface area contributed by atoms with Gasteiger partial charge in [-0.05, 0) is 80.0 Å². The second kappa shape index (κ2) is 12.6. The van der Waals surface area contributed by atoms with Gasteiger partial charge in [-0.1, -0.05) is 62.7 Å². The Morgan fingerprint density at radius 3 is 2.32 bits per heavy atom. The van der Waals surface area contributed by atoms with E-state index in [0.29, 0.717) is 22.7 Å². The van der Waals surface area contributed by atoms with Gasteiger partial charge in [0.05, 0.1) is 11.6 Å². The highest BCUT2D eigenvalue weighted by Gasteiger charge is 2.23. The average molecular weight is 498 g/mol. The maximum absolute atomic E-state index is 13.5. The molecule has 37 heavy (non-hydrogen) atoms. The number of benzene rings is 3. The smallest absolute Gasteiger partial charge is 0.255 e. The van der Waals surface area contributed by atoms with Crippen LogP contribution in [0.4, 0.5) is 11.4 Å². The van der Waals surface area contributed by atoms with E-state index in [2.05, 4.69) is 29.4 Å². The van der Waals surface area contributed by atoms with Crippen molar-refractivity contribution >= 4 is 23.2 Å². The highest BCUT2D eigenvalue weighted by atomic mass is 16.2. The number of hydrogen-bond donors (Lipinski definition) is 2. The number of hydrogen-bond acceptors (Lipinski definition) is 3. The maximum Gasteiger partial charge on any atom is 0.255 e. The first-order valence-corrected chi connectivity index (χ1v) is 13.6. The van der Waals surface area contributed by atoms with Crippen LogP contribution in [0, 0.1) is 5.92 Å². The summed E-state index contributed by atoms with van der Waals surface area (Å²) in [5.41, 5.74) is 5.03. The van der Waals surface area contributed by atoms with Crippen molar-refractivity contribution in [2.45, 2.75) is 58.9 Å². The van der Waals surface area contributed by atoms with Crippen molar-refractivity contribution in [2.24, 2.45) is 5.92 Å². The van der Waals surface area contributed by atoms with Gasteiger partial charge in [-0.3, -0.25) is 9.59 Å². The van der Waals surface area contributed by atoms with E-state index in [0.717, 1.165) is 56.4 Å². The quantitative estimate of drug-likeness (QED) is 0.334. The van der Waals surface area contributed by atoms with Gasteiger partial charge in [-0.25, -0.2) is 0 Å². The van der Waals surface area contributed by atoms with Crippen LogP contribution in [0.25, 0.3) is 0 Å². The zero-order valence-electron chi connectivity index (χ0n) is 22.3. The van der Waals surface area contributed by atoms with Crippen LogP contribution in [-0.2, 0) is 6.42 Å². The zero-order chi connectivity index (χ0) is 26.2. The van der Waals surface area contributed by atoms with Gasteiger partial charge in [0.25, 0.3) is 11.8 Å². The van der Waals surface area contributed by atoms with Crippen molar-refractivity contribution in [1.82, 2.24) is 5.32 Å². The highest BCUT2D eigenvalue weighted by Crippen LogP contribution is 2.29. The Labute approximate surface area is 221 Å². The molecule has 3 aromatic rings. The lowest BCUT2D eigenvalue weighted by atomic mass is 9.97. The molecule has 5 nitrogen and oxygen atoms in total. The Morgan fingerprint density at radius 1 is 0.946 bits per heavy atom. The first-order chi connectivity index (χ1) is 17.9. The number of carbonyl (C=O) groups is 2. The molecule has 1 unspecified atom stereocenters. The summed E-state index contributed by atoms with van der Waals surface area (Å²) in [6.07, 6.45) is 5.52. The minimum atomic E-state index is -0.175. The highest BCUT2D eigenvalue weighted by molar-refractivity contribution is 6.06. The molecular formula is C32H39N3O2. The number of carbonyl (C=O) groups excluding carboxylic acids is 2. The summed E-state index contributed by atoms with van der Waals surface area (Å²) in [6, 6.07) is 23.3. The molecule has 0 bridgehead atoms. The molecule has 1 aliphatic heterocycles. The molecule has 194 valence electrons. The molecule has 0 radical (unpaired) electrons. The van der Waals surface area contributed by atoms with Crippen molar-refractivity contribution in [3.05, 3.63) is 95.1 Å². The molecule has 1 fully saturated rings. The summed E-state index contributed by atoms with van der Waals surface area (Å²) >= 11 is 0. The topological polar surface area (TPSA) is 61.4 Å². The fourth-order valence-electron chi connectivity index (χ4n) is 4.83. The number of nitrogens with one attached hydrogen (secondary N) is 2. The fraction of sp³-hybridized carbons (Fsp3) is 0.375. The summed E-state index contributed by atoms with van der Waals surface area (Å²) in [4.78, 5) is 28.8. The molecule has 3 aromatic carbocycles. The Bertz CT molecular complexity index is 1180. The van der Waals surface area contributed by atoms with Crippen molar-refractivity contribution in [1.29, 1.82) is 0 Å². The molecule has 0 aromatic heterocycles. The van der Waals surface area contributed by atoms with Crippen molar-refractivity contribution in [2.75, 3.05) is 23.3 Å². The van der Waals surface area contributed by atoms with E-state index in [4.69, 9.17) is 0 Å². The number of amides is 2. The summed E-state index contributed by atoms with van der Waals surface area (Å²) in [7, 11) is 0. The SMILES string of the molecule is CCCCc1ccc(C(=O)Nc2ccc(N3CCC(C)CC3)c(C(=O)NC(C)c3ccccc3)c2)cc1. The fourth-order valence-corrected chi connectivity index (χ4v) is 4.83. The second-order valence-corrected chi connectivity index (χ2v) is 10.3. The first-order valence-electron chi connectivity index (χ1n) is 13.6. The van der Waals surface area contributed by atoms with E-state index < -0.39 is 0 Å². The van der Waals surface area contributed by atoms with E-state index in [1.165, 1.54) is 5.56 Å². The van der Waals surface area contributed by atoms with Gasteiger partial charge in [0, 0.05) is 30.0 Å². The van der Waals surface area contributed by atoms with E-state index in [1.807, 2.05) is 79.7 Å². The van der Waals surface area contributed by atoms with Crippen molar-refractivity contribution < 1.29 is 9.59 Å². The Morgan fingerprint density at radius 2 is 1.65 bits per heavy atom. The standard InChI is InChI=1S/C32H39N3O2/c1-4-5-9-25-12-14-27(15-13-25)31(36)34-28-16-17-30(35-20-18-23(2)19-21-35)29(22-28)32(37)33-24(3)26-10-7-6-8-11-26/h6-8,10-17,22-24H,4-5,9,18-21H2,1-3H3,(H,33,37)(H,34,36). The average Bonchev–Trinajstić information content (AvgIpc) is 2.93. The Balaban J connectivity index is 1.54. The molecule has 1 saturated heterocycles. The van der Waals surface area contributed by atoms with Crippen LogP contribution in [0.1, 0.15) is 84.3 Å². The first kappa shape index (κ1) is 26.5. The van der Waals surface area contributed by atoms with Crippen LogP contribution in [-0.4, -0.2) is 24.9 Å². The van der Waals surface area contributed by atoms with Gasteiger partial charge in [0.15, 0.2) is 0 Å². The zero-order valence-corrected chi connectivity index (χ0v) is 22.3. The molecule has 0 aliphatic carbocycles. The third-order valence-electron chi connectivity index (χ3n) is 7.31. The number of nitrogens with zero attached hydrogens (tertiary/aromatic N) is 1. The lowest BCUT2D eigenvalue weighted by Crippen LogP contribution is -2.35. The van der Waals surface area contributed by atoms with E-state index >= 15 is 0 Å². The van der Waals surface area contributed by atoms with Crippen LogP contribution in [0.3, 0.4) is 0 Å². The normalized spacial score (nSPS) is 14.7. The molecule has 2 amide bonds. The predicted octanol–water partition coefficient (Wildman–Crippen LogP) is 7.01. The molecule has 5 heteroatoms. The largest absolute Gasteiger partial charge is 0.371 e. The van der Waals surface area contributed by atoms with E-state index in [9.17, 15) is 9.59 Å². The van der Waals surface area contributed by atoms with Gasteiger partial charge in [-0.15, -0.1) is 0 Å². The summed E-state index contributed by atoms with van der Waals surface area (Å²) in [6.45, 7) is 8.29. The lowest BCUT2D eigenvalue weighted by molar-refractivity contribution is 0.0939. The summed E-state index contributed by atoms with van der Waals surface area (Å²) in [5.74, 6) is 0.380. The van der Waals surface area contributed by atoms with Gasteiger partial charge >= 0.3 is 0 Å². The molecule has 2 N–H and O–H groups in total. The number of anilines is 2. The molecule has 0 saturated carbocycles. The molecule has 4 rings (SSSR count). The maximum atomic E-state index is 13.5. The van der Waals surface area contributed by atoms with Crippen LogP contribution in [0.5, 0.6) is 0 Å². The minimum absolute atomic E-state index is 0.132. The minimum Gasteiger partial charge on any atom is -0.371 e. The van der Waals surface area contributed by atoms with Gasteiger partial charge in [-0.2, -0.15) is 0 Å². The lowest BCUT2D eigenvalue weighted by Gasteiger charge is -2.33. The van der Waals surface area contributed by atoms with E-state index in [1.54, 1.807) is 0 Å². The monoisotopic (exact) mass is 497 g/mol. The number of aryl methyl sites for hydroxylation is 1. The van der Waals surface area contributed by atoms with E-state index in [-0.39, 0.29) is 17.9 Å². The molecular weight excluding hydrogens is 458 g/mol. The third-order valence-corrected chi connectivity index (χ3v) is 7.31. The van der Waals surface area contributed by atoms with Crippen molar-refractivity contribution in [3.63, 3.8) is 0 Å². The Hall–Kier alpha value is -3.60. The van der Waals surface area contributed by atoms with Gasteiger partial charge in [0.2, 0.25) is 0 Å². The molecule has 0 spiro atoms. The van der Waals surface area contributed by atoms with Gasteiger partial charge in [0.1, 0.15) is 0 Å².